The highest BCUT2D eigenvalue weighted by Gasteiger charge is 2.22. The van der Waals surface area contributed by atoms with Gasteiger partial charge in [-0.3, -0.25) is 14.9 Å². The van der Waals surface area contributed by atoms with Gasteiger partial charge in [0.2, 0.25) is 5.91 Å². The molecule has 0 bridgehead atoms. The molecule has 47 heavy (non-hydrogen) atoms. The molecule has 0 saturated carbocycles. The van der Waals surface area contributed by atoms with Crippen LogP contribution in [-0.2, 0) is 16.0 Å². The molecular formula is C36H40N4O7. The van der Waals surface area contributed by atoms with Crippen LogP contribution in [0.15, 0.2) is 79.0 Å². The highest BCUT2D eigenvalue weighted by molar-refractivity contribution is 5.93. The summed E-state index contributed by atoms with van der Waals surface area (Å²) >= 11 is 0. The number of non-ortho nitro benzene ring substituents is 1. The van der Waals surface area contributed by atoms with E-state index in [1.54, 1.807) is 43.6 Å². The molecule has 11 nitrogen and oxygen atoms in total. The molecule has 246 valence electrons. The molecule has 1 unspecified atom stereocenters. The normalized spacial score (nSPS) is 11.6. The Bertz CT molecular complexity index is 1660. The summed E-state index contributed by atoms with van der Waals surface area (Å²) < 4.78 is 16.7. The fourth-order valence-corrected chi connectivity index (χ4v) is 4.69. The standard InChI is InChI=1S/C36H40N4O7/c1-4-6-20-46-33-18-13-27(22-30(33)36(42)47-21-7-5-2)31(39-35(41)19-10-25-8-16-29(45-3)17-9-25)23-34-37-24-32(38-34)26-11-14-28(15-12-26)40(43)44/h8-19,22,24,31H,4-7,20-21,23H2,1-3H3,(H,37,38)(H,39,41)/b19-10+. The van der Waals surface area contributed by atoms with Crippen LogP contribution in [0, 0.1) is 10.1 Å². The number of ether oxygens (including phenoxy) is 3. The number of H-pyrrole nitrogens is 1. The number of unbranched alkanes of at least 4 members (excludes halogenated alkanes) is 2. The first-order valence-electron chi connectivity index (χ1n) is 15.7. The van der Waals surface area contributed by atoms with Gasteiger partial charge in [-0.2, -0.15) is 0 Å². The average molecular weight is 641 g/mol. The van der Waals surface area contributed by atoms with Gasteiger partial charge in [0.1, 0.15) is 22.9 Å². The number of hydrogen-bond donors (Lipinski definition) is 2. The van der Waals surface area contributed by atoms with Gasteiger partial charge < -0.3 is 24.5 Å². The van der Waals surface area contributed by atoms with E-state index in [0.29, 0.717) is 41.8 Å². The van der Waals surface area contributed by atoms with Crippen molar-refractivity contribution < 1.29 is 28.7 Å². The summed E-state index contributed by atoms with van der Waals surface area (Å²) in [5.41, 5.74) is 3.15. The summed E-state index contributed by atoms with van der Waals surface area (Å²) in [7, 11) is 1.59. The quantitative estimate of drug-likeness (QED) is 0.0404. The molecule has 0 aliphatic heterocycles. The van der Waals surface area contributed by atoms with Crippen LogP contribution in [0.5, 0.6) is 11.5 Å². The zero-order chi connectivity index (χ0) is 33.6. The smallest absolute Gasteiger partial charge is 0.341 e. The zero-order valence-corrected chi connectivity index (χ0v) is 26.9. The van der Waals surface area contributed by atoms with Gasteiger partial charge in [0.25, 0.3) is 5.69 Å². The van der Waals surface area contributed by atoms with Crippen LogP contribution in [0.25, 0.3) is 17.3 Å². The Labute approximate surface area is 274 Å². The van der Waals surface area contributed by atoms with Gasteiger partial charge in [0.15, 0.2) is 0 Å². The number of carbonyl (C=O) groups is 2. The van der Waals surface area contributed by atoms with Crippen molar-refractivity contribution in [1.82, 2.24) is 15.3 Å². The molecule has 4 rings (SSSR count). The summed E-state index contributed by atoms with van der Waals surface area (Å²) in [6, 6.07) is 18.1. The van der Waals surface area contributed by atoms with E-state index in [-0.39, 0.29) is 23.6 Å². The molecule has 0 fully saturated rings. The number of aromatic nitrogens is 2. The predicted octanol–water partition coefficient (Wildman–Crippen LogP) is 7.24. The predicted molar refractivity (Wildman–Crippen MR) is 179 cm³/mol. The molecule has 3 aromatic carbocycles. The maximum absolute atomic E-state index is 13.2. The molecule has 1 amide bonds. The number of hydrogen-bond acceptors (Lipinski definition) is 8. The average Bonchev–Trinajstić information content (AvgIpc) is 3.56. The number of aromatic amines is 1. The number of nitro groups is 1. The Kier molecular flexibility index (Phi) is 12.7. The zero-order valence-electron chi connectivity index (χ0n) is 26.9. The topological polar surface area (TPSA) is 146 Å². The molecule has 0 aliphatic carbocycles. The molecule has 0 aliphatic rings. The van der Waals surface area contributed by atoms with Gasteiger partial charge in [-0.25, -0.2) is 9.78 Å². The minimum Gasteiger partial charge on any atom is -0.497 e. The second-order valence-electron chi connectivity index (χ2n) is 10.9. The highest BCUT2D eigenvalue weighted by Crippen LogP contribution is 2.28. The molecular weight excluding hydrogens is 600 g/mol. The lowest BCUT2D eigenvalue weighted by molar-refractivity contribution is -0.384. The SMILES string of the molecule is CCCCOC(=O)c1cc(C(Cc2ncc(-c3ccc([N+](=O)[O-])cc3)[nH]2)NC(=O)/C=C/c2ccc(OC)cc2)ccc1OCCCC. The number of rotatable bonds is 17. The molecule has 4 aromatic rings. The molecule has 1 heterocycles. The first kappa shape index (κ1) is 34.4. The molecule has 2 N–H and O–H groups in total. The lowest BCUT2D eigenvalue weighted by Gasteiger charge is -2.20. The van der Waals surface area contributed by atoms with Crippen molar-refractivity contribution in [2.24, 2.45) is 0 Å². The van der Waals surface area contributed by atoms with Crippen molar-refractivity contribution in [2.75, 3.05) is 20.3 Å². The highest BCUT2D eigenvalue weighted by atomic mass is 16.6. The van der Waals surface area contributed by atoms with Gasteiger partial charge in [0, 0.05) is 30.2 Å². The van der Waals surface area contributed by atoms with Gasteiger partial charge in [0.05, 0.1) is 43.2 Å². The molecule has 11 heteroatoms. The second-order valence-corrected chi connectivity index (χ2v) is 10.9. The van der Waals surface area contributed by atoms with E-state index in [4.69, 9.17) is 14.2 Å². The molecule has 0 radical (unpaired) electrons. The van der Waals surface area contributed by atoms with Crippen molar-refractivity contribution in [3.63, 3.8) is 0 Å². The first-order chi connectivity index (χ1) is 22.8. The summed E-state index contributed by atoms with van der Waals surface area (Å²) in [4.78, 5) is 44.8. The number of nitrogens with zero attached hydrogens (tertiary/aromatic N) is 2. The van der Waals surface area contributed by atoms with E-state index < -0.39 is 16.9 Å². The van der Waals surface area contributed by atoms with E-state index in [9.17, 15) is 19.7 Å². The van der Waals surface area contributed by atoms with Gasteiger partial charge >= 0.3 is 5.97 Å². The summed E-state index contributed by atoms with van der Waals surface area (Å²) in [6.07, 6.45) is 8.45. The third-order valence-electron chi connectivity index (χ3n) is 7.39. The molecule has 0 saturated heterocycles. The molecule has 1 atom stereocenters. The van der Waals surface area contributed by atoms with Crippen molar-refractivity contribution in [1.29, 1.82) is 0 Å². The maximum atomic E-state index is 13.2. The Morgan fingerprint density at radius 1 is 1.00 bits per heavy atom. The number of imidazole rings is 1. The van der Waals surface area contributed by atoms with Gasteiger partial charge in [-0.05, 0) is 66.4 Å². The Morgan fingerprint density at radius 2 is 1.72 bits per heavy atom. The van der Waals surface area contributed by atoms with Crippen LogP contribution in [-0.4, -0.2) is 47.1 Å². The number of methoxy groups -OCH3 is 1. The summed E-state index contributed by atoms with van der Waals surface area (Å²) in [6.45, 7) is 4.83. The summed E-state index contributed by atoms with van der Waals surface area (Å²) in [5, 5.41) is 14.1. The minimum atomic E-state index is -0.592. The van der Waals surface area contributed by atoms with E-state index >= 15 is 0 Å². The number of carbonyl (C=O) groups excluding carboxylic acids is 2. The van der Waals surface area contributed by atoms with E-state index in [1.165, 1.54) is 18.2 Å². The monoisotopic (exact) mass is 640 g/mol. The molecule has 1 aromatic heterocycles. The lowest BCUT2D eigenvalue weighted by atomic mass is 10.00. The Hall–Kier alpha value is -5.45. The van der Waals surface area contributed by atoms with E-state index in [1.807, 2.05) is 37.3 Å². The van der Waals surface area contributed by atoms with Crippen LogP contribution in [0.4, 0.5) is 5.69 Å². The fraction of sp³-hybridized carbons (Fsp3) is 0.306. The fourth-order valence-electron chi connectivity index (χ4n) is 4.69. The molecule has 0 spiro atoms. The number of amides is 1. The van der Waals surface area contributed by atoms with Crippen LogP contribution >= 0.6 is 0 Å². The van der Waals surface area contributed by atoms with Crippen LogP contribution in [0.1, 0.15) is 72.9 Å². The Morgan fingerprint density at radius 3 is 2.40 bits per heavy atom. The lowest BCUT2D eigenvalue weighted by Crippen LogP contribution is -2.29. The Balaban J connectivity index is 1.63. The van der Waals surface area contributed by atoms with Crippen molar-refractivity contribution in [3.8, 4) is 22.8 Å². The maximum Gasteiger partial charge on any atom is 0.341 e. The number of nitrogens with one attached hydrogen (secondary N) is 2. The third-order valence-corrected chi connectivity index (χ3v) is 7.39. The minimum absolute atomic E-state index is 0.00916. The largest absolute Gasteiger partial charge is 0.497 e. The number of benzene rings is 3. The van der Waals surface area contributed by atoms with Crippen LogP contribution in [0.3, 0.4) is 0 Å². The first-order valence-corrected chi connectivity index (χ1v) is 15.7. The van der Waals surface area contributed by atoms with E-state index in [0.717, 1.165) is 36.8 Å². The number of esters is 1. The number of nitro benzene ring substituents is 1. The van der Waals surface area contributed by atoms with Crippen LogP contribution < -0.4 is 14.8 Å². The second kappa shape index (κ2) is 17.3. The van der Waals surface area contributed by atoms with Crippen molar-refractivity contribution >= 4 is 23.6 Å². The third kappa shape index (κ3) is 10.0. The van der Waals surface area contributed by atoms with Crippen LogP contribution in [0.2, 0.25) is 0 Å². The van der Waals surface area contributed by atoms with Crippen molar-refractivity contribution in [3.05, 3.63) is 112 Å². The van der Waals surface area contributed by atoms with Gasteiger partial charge in [-0.1, -0.05) is 44.9 Å². The van der Waals surface area contributed by atoms with Gasteiger partial charge in [-0.15, -0.1) is 0 Å². The van der Waals surface area contributed by atoms with Crippen molar-refractivity contribution in [2.45, 2.75) is 52.0 Å². The van der Waals surface area contributed by atoms with E-state index in [2.05, 4.69) is 22.2 Å². The summed E-state index contributed by atoms with van der Waals surface area (Å²) in [5.74, 6) is 0.868.